The van der Waals surface area contributed by atoms with Crippen molar-refractivity contribution >= 4 is 0 Å². The number of aromatic nitrogens is 2. The summed E-state index contributed by atoms with van der Waals surface area (Å²) in [6, 6.07) is 0. The van der Waals surface area contributed by atoms with Gasteiger partial charge in [-0.25, -0.2) is 4.79 Å². The van der Waals surface area contributed by atoms with Gasteiger partial charge in [0, 0.05) is 11.8 Å². The average molecular weight is 288 g/mol. The standard InChI is InChI=1S/C11H16N2O7/c1-5-2-13(10(18)12-8(5)17)9-11(19,4-15)7(16)6(3-14)20-9/h2,6-7,9,14-16,19H,3-4H2,1H3,(H,12,17,18)/t6-,7-,9-,11-/m1/s1. The van der Waals surface area contributed by atoms with E-state index in [9.17, 15) is 24.9 Å². The summed E-state index contributed by atoms with van der Waals surface area (Å²) < 4.78 is 6.09. The zero-order valence-corrected chi connectivity index (χ0v) is 10.7. The number of nitrogens with one attached hydrogen (secondary N) is 1. The van der Waals surface area contributed by atoms with Crippen molar-refractivity contribution in [3.8, 4) is 0 Å². The van der Waals surface area contributed by atoms with Crippen LogP contribution in [0.25, 0.3) is 0 Å². The first-order valence-electron chi connectivity index (χ1n) is 5.95. The van der Waals surface area contributed by atoms with Gasteiger partial charge in [-0.05, 0) is 6.92 Å². The highest BCUT2D eigenvalue weighted by molar-refractivity contribution is 5.07. The normalized spacial score (nSPS) is 33.5. The van der Waals surface area contributed by atoms with Gasteiger partial charge in [0.05, 0.1) is 13.2 Å². The quantitative estimate of drug-likeness (QED) is 0.394. The molecule has 0 saturated carbocycles. The lowest BCUT2D eigenvalue weighted by Crippen LogP contribution is -2.52. The predicted molar refractivity (Wildman–Crippen MR) is 65.1 cm³/mol. The molecule has 1 fully saturated rings. The fraction of sp³-hybridized carbons (Fsp3) is 0.636. The zero-order chi connectivity index (χ0) is 15.1. The molecule has 1 saturated heterocycles. The summed E-state index contributed by atoms with van der Waals surface area (Å²) in [4.78, 5) is 25.1. The van der Waals surface area contributed by atoms with Crippen molar-refractivity contribution in [1.29, 1.82) is 0 Å². The first kappa shape index (κ1) is 14.9. The number of hydrogen-bond acceptors (Lipinski definition) is 7. The van der Waals surface area contributed by atoms with E-state index >= 15 is 0 Å². The second kappa shape index (κ2) is 5.11. The van der Waals surface area contributed by atoms with Gasteiger partial charge < -0.3 is 25.2 Å². The van der Waals surface area contributed by atoms with E-state index in [0.717, 1.165) is 10.8 Å². The number of aliphatic hydroxyl groups is 4. The number of rotatable bonds is 3. The summed E-state index contributed by atoms with van der Waals surface area (Å²) in [6.07, 6.45) is -3.01. The Morgan fingerprint density at radius 1 is 1.45 bits per heavy atom. The molecule has 1 aromatic heterocycles. The van der Waals surface area contributed by atoms with E-state index in [2.05, 4.69) is 0 Å². The Bertz CT molecular complexity index is 610. The van der Waals surface area contributed by atoms with Crippen LogP contribution in [0.2, 0.25) is 0 Å². The minimum Gasteiger partial charge on any atom is -0.394 e. The molecule has 9 nitrogen and oxygen atoms in total. The molecule has 9 heteroatoms. The van der Waals surface area contributed by atoms with Gasteiger partial charge in [0.25, 0.3) is 5.56 Å². The van der Waals surface area contributed by atoms with Gasteiger partial charge in [0.1, 0.15) is 12.2 Å². The molecule has 5 N–H and O–H groups in total. The molecule has 112 valence electrons. The third-order valence-electron chi connectivity index (χ3n) is 3.43. The van der Waals surface area contributed by atoms with Crippen LogP contribution in [0, 0.1) is 6.92 Å². The summed E-state index contributed by atoms with van der Waals surface area (Å²) in [5.41, 5.74) is -3.42. The molecule has 0 amide bonds. The van der Waals surface area contributed by atoms with Crippen LogP contribution in [-0.4, -0.2) is 61.0 Å². The van der Waals surface area contributed by atoms with Crippen molar-refractivity contribution in [1.82, 2.24) is 9.55 Å². The Morgan fingerprint density at radius 3 is 2.65 bits per heavy atom. The van der Waals surface area contributed by atoms with E-state index in [1.807, 2.05) is 4.98 Å². The smallest absolute Gasteiger partial charge is 0.330 e. The molecule has 0 radical (unpaired) electrons. The maximum atomic E-state index is 11.8. The number of nitrogens with zero attached hydrogens (tertiary/aromatic N) is 1. The Hall–Kier alpha value is -1.52. The molecule has 0 aromatic carbocycles. The Morgan fingerprint density at radius 2 is 2.10 bits per heavy atom. The maximum Gasteiger partial charge on any atom is 0.330 e. The molecule has 0 spiro atoms. The summed E-state index contributed by atoms with van der Waals surface area (Å²) in [7, 11) is 0. The van der Waals surface area contributed by atoms with Gasteiger partial charge in [0.15, 0.2) is 11.8 Å². The van der Waals surface area contributed by atoms with Crippen LogP contribution in [0.1, 0.15) is 11.8 Å². The zero-order valence-electron chi connectivity index (χ0n) is 10.7. The first-order chi connectivity index (χ1) is 9.35. The van der Waals surface area contributed by atoms with E-state index in [1.165, 1.54) is 6.92 Å². The third kappa shape index (κ3) is 2.09. The van der Waals surface area contributed by atoms with Crippen molar-refractivity contribution in [2.45, 2.75) is 31.0 Å². The molecule has 2 rings (SSSR count). The van der Waals surface area contributed by atoms with Crippen LogP contribution < -0.4 is 11.2 Å². The first-order valence-corrected chi connectivity index (χ1v) is 5.95. The molecule has 0 aliphatic carbocycles. The fourth-order valence-electron chi connectivity index (χ4n) is 2.21. The van der Waals surface area contributed by atoms with Crippen molar-refractivity contribution in [2.24, 2.45) is 0 Å². The van der Waals surface area contributed by atoms with Gasteiger partial charge in [-0.2, -0.15) is 0 Å². The largest absolute Gasteiger partial charge is 0.394 e. The molecule has 0 unspecified atom stereocenters. The molecule has 4 atom stereocenters. The minimum atomic E-state index is -2.16. The topological polar surface area (TPSA) is 145 Å². The van der Waals surface area contributed by atoms with E-state index in [1.54, 1.807) is 0 Å². The Balaban J connectivity index is 2.54. The van der Waals surface area contributed by atoms with Crippen molar-refractivity contribution in [3.05, 3.63) is 32.6 Å². The number of H-pyrrole nitrogens is 1. The molecule has 20 heavy (non-hydrogen) atoms. The molecule has 1 aliphatic rings. The summed E-state index contributed by atoms with van der Waals surface area (Å²) >= 11 is 0. The van der Waals surface area contributed by atoms with Crippen LogP contribution >= 0.6 is 0 Å². The summed E-state index contributed by atoms with van der Waals surface area (Å²) in [6.45, 7) is -0.0430. The van der Waals surface area contributed by atoms with Gasteiger partial charge in [-0.15, -0.1) is 0 Å². The van der Waals surface area contributed by atoms with E-state index < -0.39 is 48.5 Å². The lowest BCUT2D eigenvalue weighted by atomic mass is 9.95. The van der Waals surface area contributed by atoms with Crippen LogP contribution in [-0.2, 0) is 4.74 Å². The fourth-order valence-corrected chi connectivity index (χ4v) is 2.21. The number of aryl methyl sites for hydroxylation is 1. The Kier molecular flexibility index (Phi) is 3.80. The number of aromatic amines is 1. The number of hydrogen-bond donors (Lipinski definition) is 5. The average Bonchev–Trinajstić information content (AvgIpc) is 2.67. The molecule has 1 aromatic rings. The molecule has 0 bridgehead atoms. The van der Waals surface area contributed by atoms with E-state index in [0.29, 0.717) is 0 Å². The second-order valence-electron chi connectivity index (χ2n) is 4.78. The summed E-state index contributed by atoms with van der Waals surface area (Å²) in [5.74, 6) is 0. The third-order valence-corrected chi connectivity index (χ3v) is 3.43. The Labute approximate surface area is 112 Å². The SMILES string of the molecule is Cc1cn([C@@H]2O[C@H](CO)[C@@H](O)[C@]2(O)CO)c(=O)[nH]c1=O. The van der Waals surface area contributed by atoms with Crippen molar-refractivity contribution in [2.75, 3.05) is 13.2 Å². The lowest BCUT2D eigenvalue weighted by Gasteiger charge is -2.29. The van der Waals surface area contributed by atoms with E-state index in [-0.39, 0.29) is 5.56 Å². The van der Waals surface area contributed by atoms with Gasteiger partial charge >= 0.3 is 5.69 Å². The lowest BCUT2D eigenvalue weighted by molar-refractivity contribution is -0.135. The second-order valence-corrected chi connectivity index (χ2v) is 4.78. The van der Waals surface area contributed by atoms with Gasteiger partial charge in [-0.3, -0.25) is 14.3 Å². The molecule has 1 aliphatic heterocycles. The highest BCUT2D eigenvalue weighted by Gasteiger charge is 2.56. The van der Waals surface area contributed by atoms with E-state index in [4.69, 9.17) is 9.84 Å². The molecular formula is C11H16N2O7. The van der Waals surface area contributed by atoms with Crippen molar-refractivity contribution < 1.29 is 25.2 Å². The highest BCUT2D eigenvalue weighted by atomic mass is 16.6. The highest BCUT2D eigenvalue weighted by Crippen LogP contribution is 2.37. The summed E-state index contributed by atoms with van der Waals surface area (Å²) in [5, 5.41) is 38.5. The van der Waals surface area contributed by atoms with Crippen LogP contribution in [0.4, 0.5) is 0 Å². The van der Waals surface area contributed by atoms with Crippen LogP contribution in [0.5, 0.6) is 0 Å². The predicted octanol–water partition coefficient (Wildman–Crippen LogP) is -3.18. The van der Waals surface area contributed by atoms with Crippen LogP contribution in [0.15, 0.2) is 15.8 Å². The number of aliphatic hydroxyl groups excluding tert-OH is 3. The minimum absolute atomic E-state index is 0.190. The van der Waals surface area contributed by atoms with Crippen molar-refractivity contribution in [3.63, 3.8) is 0 Å². The molecular weight excluding hydrogens is 272 g/mol. The van der Waals surface area contributed by atoms with Gasteiger partial charge in [-0.1, -0.05) is 0 Å². The number of ether oxygens (including phenoxy) is 1. The maximum absolute atomic E-state index is 11.8. The monoisotopic (exact) mass is 288 g/mol. The molecule has 2 heterocycles. The van der Waals surface area contributed by atoms with Crippen LogP contribution in [0.3, 0.4) is 0 Å². The van der Waals surface area contributed by atoms with Gasteiger partial charge in [0.2, 0.25) is 0 Å².